The highest BCUT2D eigenvalue weighted by Gasteiger charge is 2.05. The Bertz CT molecular complexity index is 191. The highest BCUT2D eigenvalue weighted by molar-refractivity contribution is 5.91. The second-order valence-corrected chi connectivity index (χ2v) is 1.51. The predicted molar refractivity (Wildman–Crippen MR) is 30.8 cm³/mol. The molecule has 0 saturated carbocycles. The Balaban J connectivity index is 2.77. The average Bonchev–Trinajstić information content (AvgIpc) is 2.37. The van der Waals surface area contributed by atoms with Gasteiger partial charge < -0.3 is 4.42 Å². The van der Waals surface area contributed by atoms with Gasteiger partial charge in [0.25, 0.3) is 5.89 Å². The van der Waals surface area contributed by atoms with Crippen LogP contribution in [0.1, 0.15) is 17.1 Å². The summed E-state index contributed by atoms with van der Waals surface area (Å²) in [4.78, 5) is 14.3. The standard InChI is InChI=1S/C6H6NO2/c1-2-5(8)6-7-3-4-9-6/h3-4H,1-2H2. The van der Waals surface area contributed by atoms with E-state index in [2.05, 4.69) is 16.3 Å². The molecule has 47 valence electrons. The minimum absolute atomic E-state index is 0.144. The van der Waals surface area contributed by atoms with Gasteiger partial charge in [-0.25, -0.2) is 4.98 Å². The molecular formula is C6H6NO2. The summed E-state index contributed by atoms with van der Waals surface area (Å²) >= 11 is 0. The van der Waals surface area contributed by atoms with Crippen LogP contribution in [0, 0.1) is 6.92 Å². The van der Waals surface area contributed by atoms with Crippen molar-refractivity contribution in [2.24, 2.45) is 0 Å². The molecule has 0 bridgehead atoms. The van der Waals surface area contributed by atoms with Gasteiger partial charge in [0, 0.05) is 6.42 Å². The molecule has 0 spiro atoms. The van der Waals surface area contributed by atoms with Crippen LogP contribution in [0.3, 0.4) is 0 Å². The average molecular weight is 124 g/mol. The molecule has 3 heteroatoms. The summed E-state index contributed by atoms with van der Waals surface area (Å²) in [7, 11) is 0. The van der Waals surface area contributed by atoms with E-state index in [4.69, 9.17) is 0 Å². The number of nitrogens with zero attached hydrogens (tertiary/aromatic N) is 1. The Morgan fingerprint density at radius 1 is 1.89 bits per heavy atom. The molecule has 0 saturated heterocycles. The maximum atomic E-state index is 10.7. The van der Waals surface area contributed by atoms with Crippen LogP contribution in [0.5, 0.6) is 0 Å². The van der Waals surface area contributed by atoms with Gasteiger partial charge in [0.05, 0.1) is 6.20 Å². The Hall–Kier alpha value is -1.12. The van der Waals surface area contributed by atoms with Crippen LogP contribution < -0.4 is 0 Å². The number of carbonyl (C=O) groups excluding carboxylic acids is 1. The number of rotatable bonds is 2. The SMILES string of the molecule is [CH2]CC(=O)c1ncco1. The van der Waals surface area contributed by atoms with Gasteiger partial charge in [-0.3, -0.25) is 4.79 Å². The van der Waals surface area contributed by atoms with E-state index in [0.717, 1.165) is 0 Å². The van der Waals surface area contributed by atoms with Crippen molar-refractivity contribution in [1.29, 1.82) is 0 Å². The fraction of sp³-hybridized carbons (Fsp3) is 0.167. The molecule has 0 N–H and O–H groups in total. The maximum Gasteiger partial charge on any atom is 0.263 e. The molecule has 0 aliphatic rings. The van der Waals surface area contributed by atoms with E-state index in [1.54, 1.807) is 0 Å². The van der Waals surface area contributed by atoms with Gasteiger partial charge in [-0.15, -0.1) is 0 Å². The van der Waals surface area contributed by atoms with Gasteiger partial charge in [0.1, 0.15) is 6.26 Å². The first kappa shape index (κ1) is 6.01. The quantitative estimate of drug-likeness (QED) is 0.554. The molecule has 1 radical (unpaired) electrons. The molecule has 0 aliphatic heterocycles. The first-order chi connectivity index (χ1) is 4.34. The minimum Gasteiger partial charge on any atom is -0.442 e. The smallest absolute Gasteiger partial charge is 0.263 e. The molecule has 0 amide bonds. The predicted octanol–water partition coefficient (Wildman–Crippen LogP) is 1.08. The third-order valence-corrected chi connectivity index (χ3v) is 0.898. The van der Waals surface area contributed by atoms with Crippen molar-refractivity contribution in [3.63, 3.8) is 0 Å². The summed E-state index contributed by atoms with van der Waals surface area (Å²) < 4.78 is 4.69. The van der Waals surface area contributed by atoms with Crippen molar-refractivity contribution >= 4 is 5.78 Å². The van der Waals surface area contributed by atoms with Crippen molar-refractivity contribution in [3.05, 3.63) is 25.3 Å². The van der Waals surface area contributed by atoms with E-state index < -0.39 is 0 Å². The van der Waals surface area contributed by atoms with Gasteiger partial charge >= 0.3 is 0 Å². The van der Waals surface area contributed by atoms with Gasteiger partial charge in [-0.2, -0.15) is 0 Å². The third kappa shape index (κ3) is 1.16. The zero-order chi connectivity index (χ0) is 6.69. The lowest BCUT2D eigenvalue weighted by Crippen LogP contribution is -1.95. The fourth-order valence-electron chi connectivity index (χ4n) is 0.468. The lowest BCUT2D eigenvalue weighted by Gasteiger charge is -1.84. The number of Topliss-reactive ketones (excluding diaryl/α,β-unsaturated/α-hetero) is 1. The highest BCUT2D eigenvalue weighted by Crippen LogP contribution is 1.97. The summed E-state index contributed by atoms with van der Waals surface area (Å²) in [6, 6.07) is 0. The largest absolute Gasteiger partial charge is 0.442 e. The van der Waals surface area contributed by atoms with Crippen LogP contribution in [0.2, 0.25) is 0 Å². The Morgan fingerprint density at radius 2 is 2.67 bits per heavy atom. The number of hydrogen-bond acceptors (Lipinski definition) is 3. The Labute approximate surface area is 52.7 Å². The summed E-state index contributed by atoms with van der Waals surface area (Å²) in [6.45, 7) is 3.39. The monoisotopic (exact) mass is 124 g/mol. The molecule has 0 aliphatic carbocycles. The van der Waals surface area contributed by atoms with E-state index >= 15 is 0 Å². The minimum atomic E-state index is -0.167. The molecule has 0 atom stereocenters. The molecule has 1 aromatic rings. The van der Waals surface area contributed by atoms with Crippen molar-refractivity contribution < 1.29 is 9.21 Å². The van der Waals surface area contributed by atoms with E-state index in [1.807, 2.05) is 0 Å². The van der Waals surface area contributed by atoms with E-state index in [9.17, 15) is 4.79 Å². The Kier molecular flexibility index (Phi) is 1.63. The number of hydrogen-bond donors (Lipinski definition) is 0. The van der Waals surface area contributed by atoms with Crippen LogP contribution >= 0.6 is 0 Å². The van der Waals surface area contributed by atoms with Gasteiger partial charge in [0.15, 0.2) is 0 Å². The number of carbonyl (C=O) groups is 1. The molecule has 1 aromatic heterocycles. The first-order valence-corrected chi connectivity index (χ1v) is 2.56. The van der Waals surface area contributed by atoms with Crippen LogP contribution in [-0.2, 0) is 0 Å². The van der Waals surface area contributed by atoms with Gasteiger partial charge in [-0.05, 0) is 6.92 Å². The molecule has 1 rings (SSSR count). The number of ketones is 1. The zero-order valence-electron chi connectivity index (χ0n) is 4.83. The summed E-state index contributed by atoms with van der Waals surface area (Å²) in [5.41, 5.74) is 0. The van der Waals surface area contributed by atoms with E-state index in [1.165, 1.54) is 12.5 Å². The van der Waals surface area contributed by atoms with Crippen LogP contribution in [-0.4, -0.2) is 10.8 Å². The third-order valence-electron chi connectivity index (χ3n) is 0.898. The van der Waals surface area contributed by atoms with Gasteiger partial charge in [0.2, 0.25) is 5.78 Å². The molecule has 0 fully saturated rings. The Morgan fingerprint density at radius 3 is 3.11 bits per heavy atom. The maximum absolute atomic E-state index is 10.7. The molecular weight excluding hydrogens is 118 g/mol. The van der Waals surface area contributed by atoms with Crippen LogP contribution in [0.15, 0.2) is 16.9 Å². The highest BCUT2D eigenvalue weighted by atomic mass is 16.3. The van der Waals surface area contributed by atoms with E-state index in [-0.39, 0.29) is 18.1 Å². The topological polar surface area (TPSA) is 43.1 Å². The fourth-order valence-corrected chi connectivity index (χ4v) is 0.468. The second-order valence-electron chi connectivity index (χ2n) is 1.51. The van der Waals surface area contributed by atoms with Crippen LogP contribution in [0.25, 0.3) is 0 Å². The number of aromatic nitrogens is 1. The summed E-state index contributed by atoms with van der Waals surface area (Å²) in [6.07, 6.45) is 2.99. The molecule has 1 heterocycles. The molecule has 0 aromatic carbocycles. The van der Waals surface area contributed by atoms with Crippen molar-refractivity contribution in [3.8, 4) is 0 Å². The van der Waals surface area contributed by atoms with Crippen molar-refractivity contribution in [2.45, 2.75) is 6.42 Å². The molecule has 3 nitrogen and oxygen atoms in total. The summed E-state index contributed by atoms with van der Waals surface area (Å²) in [5.74, 6) is -0.0231. The van der Waals surface area contributed by atoms with E-state index in [0.29, 0.717) is 0 Å². The molecule has 0 unspecified atom stereocenters. The van der Waals surface area contributed by atoms with Crippen molar-refractivity contribution in [2.75, 3.05) is 0 Å². The zero-order valence-corrected chi connectivity index (χ0v) is 4.83. The van der Waals surface area contributed by atoms with Crippen LogP contribution in [0.4, 0.5) is 0 Å². The molecule has 9 heavy (non-hydrogen) atoms. The lowest BCUT2D eigenvalue weighted by molar-refractivity contribution is 0.0962. The number of oxazole rings is 1. The summed E-state index contributed by atoms with van der Waals surface area (Å²) in [5, 5.41) is 0. The van der Waals surface area contributed by atoms with Crippen molar-refractivity contribution in [1.82, 2.24) is 4.98 Å². The lowest BCUT2D eigenvalue weighted by atomic mass is 10.3. The van der Waals surface area contributed by atoms with Gasteiger partial charge in [-0.1, -0.05) is 0 Å². The first-order valence-electron chi connectivity index (χ1n) is 2.56. The normalized spacial score (nSPS) is 9.44. The second kappa shape index (κ2) is 2.44.